The third kappa shape index (κ3) is 1.79. The van der Waals surface area contributed by atoms with E-state index in [1.807, 2.05) is 0 Å². The first-order valence-corrected chi connectivity index (χ1v) is 3.42. The lowest BCUT2D eigenvalue weighted by Crippen LogP contribution is -2.23. The number of allylic oxidation sites excluding steroid dienone is 1. The summed E-state index contributed by atoms with van der Waals surface area (Å²) in [5.41, 5.74) is 0. The number of halogens is 1. The topological polar surface area (TPSA) is 54.5 Å². The molecule has 0 aromatic carbocycles. The van der Waals surface area contributed by atoms with E-state index in [0.29, 0.717) is 0 Å². The molecule has 1 aliphatic rings. The van der Waals surface area contributed by atoms with Gasteiger partial charge in [0.05, 0.1) is 0 Å². The van der Waals surface area contributed by atoms with Crippen LogP contribution in [0, 0.1) is 0 Å². The van der Waals surface area contributed by atoms with E-state index in [9.17, 15) is 14.4 Å². The van der Waals surface area contributed by atoms with Gasteiger partial charge >= 0.3 is 0 Å². The van der Waals surface area contributed by atoms with Crippen LogP contribution in [0.15, 0.2) is 24.4 Å². The molecule has 1 rings (SSSR count). The summed E-state index contributed by atoms with van der Waals surface area (Å²) < 4.78 is 0. The lowest BCUT2D eigenvalue weighted by molar-refractivity contribution is -0.133. The molecule has 0 saturated heterocycles. The molecule has 5 heteroatoms. The molecule has 0 fully saturated rings. The van der Waals surface area contributed by atoms with Gasteiger partial charge in [0.1, 0.15) is 0 Å². The van der Waals surface area contributed by atoms with Gasteiger partial charge in [0.15, 0.2) is 0 Å². The first kappa shape index (κ1) is 8.67. The Morgan fingerprint density at radius 3 is 2.25 bits per heavy atom. The van der Waals surface area contributed by atoms with Crippen molar-refractivity contribution in [2.24, 2.45) is 0 Å². The highest BCUT2D eigenvalue weighted by Gasteiger charge is 2.20. The molecule has 0 spiro atoms. The molecule has 0 aromatic rings. The molecule has 0 saturated carbocycles. The van der Waals surface area contributed by atoms with Crippen LogP contribution in [0.25, 0.3) is 0 Å². The van der Waals surface area contributed by atoms with Crippen LogP contribution < -0.4 is 0 Å². The highest BCUT2D eigenvalue weighted by atomic mass is 35.5. The summed E-state index contributed by atoms with van der Waals surface area (Å²) in [6.07, 6.45) is 4.21. The van der Waals surface area contributed by atoms with E-state index in [2.05, 4.69) is 0 Å². The van der Waals surface area contributed by atoms with E-state index in [1.54, 1.807) is 0 Å². The molecule has 1 aliphatic heterocycles. The Hall–Kier alpha value is -1.42. The van der Waals surface area contributed by atoms with E-state index < -0.39 is 17.1 Å². The van der Waals surface area contributed by atoms with Crippen LogP contribution in [0.3, 0.4) is 0 Å². The van der Waals surface area contributed by atoms with Gasteiger partial charge in [0.2, 0.25) is 5.24 Å². The normalized spacial score (nSPS) is 16.6. The fourth-order valence-electron chi connectivity index (χ4n) is 0.692. The first-order valence-electron chi connectivity index (χ1n) is 3.04. The van der Waals surface area contributed by atoms with E-state index in [0.717, 1.165) is 29.3 Å². The van der Waals surface area contributed by atoms with Crippen molar-refractivity contribution in [3.05, 3.63) is 24.4 Å². The molecule has 0 aromatic heterocycles. The lowest BCUT2D eigenvalue weighted by atomic mass is 10.5. The standard InChI is InChI=1S/C7H4ClNO3/c8-5(10)3-4-9-6(11)1-2-7(9)12/h1-4H. The maximum atomic E-state index is 10.8. The Morgan fingerprint density at radius 2 is 1.83 bits per heavy atom. The minimum atomic E-state index is -0.734. The van der Waals surface area contributed by atoms with Crippen LogP contribution in [0.1, 0.15) is 0 Å². The molecular formula is C7H4ClNO3. The zero-order chi connectivity index (χ0) is 9.14. The van der Waals surface area contributed by atoms with Gasteiger partial charge in [-0.05, 0) is 11.6 Å². The summed E-state index contributed by atoms with van der Waals surface area (Å²) in [7, 11) is 0. The molecule has 1 heterocycles. The van der Waals surface area contributed by atoms with Gasteiger partial charge in [0, 0.05) is 24.4 Å². The number of nitrogens with zero attached hydrogens (tertiary/aromatic N) is 1. The summed E-state index contributed by atoms with van der Waals surface area (Å²) in [6, 6.07) is 0. The maximum Gasteiger partial charge on any atom is 0.257 e. The molecule has 2 amide bonds. The van der Waals surface area contributed by atoms with E-state index >= 15 is 0 Å². The monoisotopic (exact) mass is 185 g/mol. The van der Waals surface area contributed by atoms with Crippen molar-refractivity contribution < 1.29 is 14.4 Å². The average molecular weight is 186 g/mol. The summed E-state index contributed by atoms with van der Waals surface area (Å²) in [5.74, 6) is -0.955. The van der Waals surface area contributed by atoms with Crippen molar-refractivity contribution >= 4 is 28.7 Å². The third-order valence-electron chi connectivity index (χ3n) is 1.20. The largest absolute Gasteiger partial charge is 0.276 e. The van der Waals surface area contributed by atoms with E-state index in [4.69, 9.17) is 11.6 Å². The summed E-state index contributed by atoms with van der Waals surface area (Å²) in [5, 5.41) is -0.734. The Balaban J connectivity index is 2.71. The Kier molecular flexibility index (Phi) is 2.40. The molecular weight excluding hydrogens is 182 g/mol. The number of hydrogen-bond acceptors (Lipinski definition) is 3. The van der Waals surface area contributed by atoms with Crippen molar-refractivity contribution in [1.29, 1.82) is 0 Å². The zero-order valence-electron chi connectivity index (χ0n) is 5.86. The Labute approximate surface area is 73.1 Å². The molecule has 0 unspecified atom stereocenters. The predicted octanol–water partition coefficient (Wildman–Crippen LogP) is 0.190. The second kappa shape index (κ2) is 3.32. The second-order valence-corrected chi connectivity index (χ2v) is 2.37. The Bertz CT molecular complexity index is 288. The number of rotatable bonds is 2. The molecule has 62 valence electrons. The molecule has 0 bridgehead atoms. The fraction of sp³-hybridized carbons (Fsp3) is 0. The third-order valence-corrected chi connectivity index (χ3v) is 1.32. The zero-order valence-corrected chi connectivity index (χ0v) is 6.62. The lowest BCUT2D eigenvalue weighted by Gasteiger charge is -2.04. The summed E-state index contributed by atoms with van der Waals surface area (Å²) >= 11 is 4.96. The fourth-order valence-corrected chi connectivity index (χ4v) is 0.748. The molecule has 4 nitrogen and oxygen atoms in total. The van der Waals surface area contributed by atoms with Gasteiger partial charge in [0.25, 0.3) is 11.8 Å². The number of amides is 2. The van der Waals surface area contributed by atoms with Gasteiger partial charge in [-0.15, -0.1) is 0 Å². The molecule has 0 radical (unpaired) electrons. The SMILES string of the molecule is O=C(Cl)C=CN1C(=O)C=CC1=O. The van der Waals surface area contributed by atoms with Crippen molar-refractivity contribution in [2.45, 2.75) is 0 Å². The summed E-state index contributed by atoms with van der Waals surface area (Å²) in [6.45, 7) is 0. The van der Waals surface area contributed by atoms with Crippen LogP contribution in [0.5, 0.6) is 0 Å². The molecule has 0 N–H and O–H groups in total. The van der Waals surface area contributed by atoms with Crippen LogP contribution >= 0.6 is 11.6 Å². The summed E-state index contributed by atoms with van der Waals surface area (Å²) in [4.78, 5) is 32.6. The quantitative estimate of drug-likeness (QED) is 0.351. The molecule has 0 atom stereocenters. The van der Waals surface area contributed by atoms with Crippen LogP contribution in [-0.4, -0.2) is 22.0 Å². The molecule has 12 heavy (non-hydrogen) atoms. The van der Waals surface area contributed by atoms with Crippen LogP contribution in [0.4, 0.5) is 0 Å². The minimum Gasteiger partial charge on any atom is -0.276 e. The van der Waals surface area contributed by atoms with Crippen molar-refractivity contribution in [2.75, 3.05) is 0 Å². The van der Waals surface area contributed by atoms with Crippen LogP contribution in [0.2, 0.25) is 0 Å². The van der Waals surface area contributed by atoms with Crippen molar-refractivity contribution in [3.63, 3.8) is 0 Å². The maximum absolute atomic E-state index is 10.8. The van der Waals surface area contributed by atoms with Gasteiger partial charge in [-0.1, -0.05) is 0 Å². The Morgan fingerprint density at radius 1 is 1.33 bits per heavy atom. The van der Waals surface area contributed by atoms with Crippen molar-refractivity contribution in [1.82, 2.24) is 4.90 Å². The van der Waals surface area contributed by atoms with Crippen molar-refractivity contribution in [3.8, 4) is 0 Å². The number of imide groups is 1. The predicted molar refractivity (Wildman–Crippen MR) is 41.0 cm³/mol. The minimum absolute atomic E-state index is 0.478. The number of hydrogen-bond donors (Lipinski definition) is 0. The molecule has 0 aliphatic carbocycles. The van der Waals surface area contributed by atoms with Gasteiger partial charge < -0.3 is 0 Å². The van der Waals surface area contributed by atoms with Gasteiger partial charge in [-0.25, -0.2) is 0 Å². The van der Waals surface area contributed by atoms with E-state index in [-0.39, 0.29) is 0 Å². The highest BCUT2D eigenvalue weighted by Crippen LogP contribution is 2.03. The highest BCUT2D eigenvalue weighted by molar-refractivity contribution is 6.66. The number of carbonyl (C=O) groups excluding carboxylic acids is 3. The van der Waals surface area contributed by atoms with Crippen LogP contribution in [-0.2, 0) is 14.4 Å². The second-order valence-electron chi connectivity index (χ2n) is 2.00. The van der Waals surface area contributed by atoms with Gasteiger partial charge in [-0.3, -0.25) is 19.3 Å². The first-order chi connectivity index (χ1) is 5.61. The smallest absolute Gasteiger partial charge is 0.257 e. The number of carbonyl (C=O) groups is 3. The average Bonchev–Trinajstić information content (AvgIpc) is 2.28. The van der Waals surface area contributed by atoms with Gasteiger partial charge in [-0.2, -0.15) is 0 Å². The van der Waals surface area contributed by atoms with E-state index in [1.165, 1.54) is 0 Å².